The first-order valence-corrected chi connectivity index (χ1v) is 6.93. The molecule has 0 radical (unpaired) electrons. The summed E-state index contributed by atoms with van der Waals surface area (Å²) >= 11 is 6.36. The highest BCUT2D eigenvalue weighted by atomic mass is 35.5. The SMILES string of the molecule is COc1ccc(NCc2[nH]c3ccccc3c2Cl)cc1O. The van der Waals surface area contributed by atoms with Gasteiger partial charge >= 0.3 is 0 Å². The highest BCUT2D eigenvalue weighted by Crippen LogP contribution is 2.30. The van der Waals surface area contributed by atoms with Crippen LogP contribution in [0.2, 0.25) is 5.02 Å². The molecule has 0 amide bonds. The van der Waals surface area contributed by atoms with Crippen molar-refractivity contribution in [3.63, 3.8) is 0 Å². The van der Waals surface area contributed by atoms with E-state index >= 15 is 0 Å². The maximum Gasteiger partial charge on any atom is 0.160 e. The Hall–Kier alpha value is -2.33. The van der Waals surface area contributed by atoms with E-state index < -0.39 is 0 Å². The highest BCUT2D eigenvalue weighted by Gasteiger charge is 2.09. The molecule has 0 unspecified atom stereocenters. The lowest BCUT2D eigenvalue weighted by Crippen LogP contribution is -2.00. The number of rotatable bonds is 4. The van der Waals surface area contributed by atoms with Crippen LogP contribution >= 0.6 is 11.6 Å². The lowest BCUT2D eigenvalue weighted by molar-refractivity contribution is 0.373. The van der Waals surface area contributed by atoms with Gasteiger partial charge in [0, 0.05) is 22.7 Å². The summed E-state index contributed by atoms with van der Waals surface area (Å²) in [5, 5.41) is 14.7. The summed E-state index contributed by atoms with van der Waals surface area (Å²) in [6.07, 6.45) is 0. The molecule has 1 aromatic heterocycles. The predicted octanol–water partition coefficient (Wildman–Crippen LogP) is 4.15. The number of H-pyrrole nitrogens is 1. The Bertz CT molecular complexity index is 783. The van der Waals surface area contributed by atoms with Gasteiger partial charge in [-0.3, -0.25) is 0 Å². The molecule has 0 aliphatic heterocycles. The second-order valence-corrected chi connectivity index (χ2v) is 5.08. The lowest BCUT2D eigenvalue weighted by Gasteiger charge is -2.08. The summed E-state index contributed by atoms with van der Waals surface area (Å²) < 4.78 is 5.02. The van der Waals surface area contributed by atoms with E-state index in [2.05, 4.69) is 10.3 Å². The Morgan fingerprint density at radius 2 is 2.05 bits per heavy atom. The minimum atomic E-state index is 0.102. The average Bonchev–Trinajstić information content (AvgIpc) is 2.82. The van der Waals surface area contributed by atoms with Gasteiger partial charge in [-0.05, 0) is 18.2 Å². The first kappa shape index (κ1) is 13.6. The maximum atomic E-state index is 9.76. The fourth-order valence-electron chi connectivity index (χ4n) is 2.28. The highest BCUT2D eigenvalue weighted by molar-refractivity contribution is 6.36. The minimum absolute atomic E-state index is 0.102. The molecule has 0 spiro atoms. The van der Waals surface area contributed by atoms with Crippen molar-refractivity contribution in [2.24, 2.45) is 0 Å². The number of para-hydroxylation sites is 1. The normalized spacial score (nSPS) is 10.8. The molecule has 3 aromatic rings. The summed E-state index contributed by atoms with van der Waals surface area (Å²) in [5.74, 6) is 0.550. The molecule has 2 aromatic carbocycles. The van der Waals surface area contributed by atoms with Gasteiger partial charge in [0.25, 0.3) is 0 Å². The van der Waals surface area contributed by atoms with Crippen molar-refractivity contribution in [1.29, 1.82) is 0 Å². The maximum absolute atomic E-state index is 9.76. The lowest BCUT2D eigenvalue weighted by atomic mass is 10.2. The largest absolute Gasteiger partial charge is 0.504 e. The van der Waals surface area contributed by atoms with Gasteiger partial charge in [0.15, 0.2) is 11.5 Å². The van der Waals surface area contributed by atoms with E-state index in [1.165, 1.54) is 7.11 Å². The molecule has 0 saturated heterocycles. The number of aromatic nitrogens is 1. The van der Waals surface area contributed by atoms with Crippen LogP contribution in [0.3, 0.4) is 0 Å². The summed E-state index contributed by atoms with van der Waals surface area (Å²) in [7, 11) is 1.52. The Balaban J connectivity index is 1.80. The van der Waals surface area contributed by atoms with Crippen LogP contribution in [0.15, 0.2) is 42.5 Å². The van der Waals surface area contributed by atoms with E-state index in [0.717, 1.165) is 27.3 Å². The van der Waals surface area contributed by atoms with Gasteiger partial charge in [-0.25, -0.2) is 0 Å². The molecule has 0 aliphatic rings. The van der Waals surface area contributed by atoms with Gasteiger partial charge < -0.3 is 20.1 Å². The van der Waals surface area contributed by atoms with Crippen molar-refractivity contribution < 1.29 is 9.84 Å². The number of hydrogen-bond donors (Lipinski definition) is 3. The zero-order chi connectivity index (χ0) is 14.8. The van der Waals surface area contributed by atoms with Gasteiger partial charge in [0.2, 0.25) is 0 Å². The zero-order valence-electron chi connectivity index (χ0n) is 11.5. The molecule has 1 heterocycles. The summed E-state index contributed by atoms with van der Waals surface area (Å²) in [6.45, 7) is 0.541. The number of benzene rings is 2. The van der Waals surface area contributed by atoms with Crippen molar-refractivity contribution in [1.82, 2.24) is 4.98 Å². The molecule has 21 heavy (non-hydrogen) atoms. The number of methoxy groups -OCH3 is 1. The van der Waals surface area contributed by atoms with E-state index in [0.29, 0.717) is 12.3 Å². The van der Waals surface area contributed by atoms with Crippen LogP contribution in [0.25, 0.3) is 10.9 Å². The molecular formula is C16H15ClN2O2. The number of aromatic hydroxyl groups is 1. The quantitative estimate of drug-likeness (QED) is 0.678. The van der Waals surface area contributed by atoms with Crippen LogP contribution in [0, 0.1) is 0 Å². The van der Waals surface area contributed by atoms with E-state index in [9.17, 15) is 5.11 Å². The first-order valence-electron chi connectivity index (χ1n) is 6.55. The Labute approximate surface area is 127 Å². The van der Waals surface area contributed by atoms with Crippen molar-refractivity contribution in [3.05, 3.63) is 53.2 Å². The molecule has 3 N–H and O–H groups in total. The third-order valence-electron chi connectivity index (χ3n) is 3.36. The molecule has 0 atom stereocenters. The van der Waals surface area contributed by atoms with E-state index in [1.807, 2.05) is 30.3 Å². The van der Waals surface area contributed by atoms with Crippen molar-refractivity contribution in [3.8, 4) is 11.5 Å². The standard InChI is InChI=1S/C16H15ClN2O2/c1-21-15-7-6-10(8-14(15)20)18-9-13-16(17)11-4-2-3-5-12(11)19-13/h2-8,18-20H,9H2,1H3. The monoisotopic (exact) mass is 302 g/mol. The number of nitrogens with one attached hydrogen (secondary N) is 2. The molecule has 5 heteroatoms. The number of phenolic OH excluding ortho intramolecular Hbond substituents is 1. The minimum Gasteiger partial charge on any atom is -0.504 e. The molecule has 108 valence electrons. The molecule has 3 rings (SSSR count). The van der Waals surface area contributed by atoms with Crippen LogP contribution in [0.4, 0.5) is 5.69 Å². The molecule has 4 nitrogen and oxygen atoms in total. The molecular weight excluding hydrogens is 288 g/mol. The van der Waals surface area contributed by atoms with Crippen LogP contribution < -0.4 is 10.1 Å². The molecule has 0 saturated carbocycles. The van der Waals surface area contributed by atoms with Gasteiger partial charge in [0.05, 0.1) is 24.4 Å². The van der Waals surface area contributed by atoms with Crippen molar-refractivity contribution in [2.75, 3.05) is 12.4 Å². The summed E-state index contributed by atoms with van der Waals surface area (Å²) in [5.41, 5.74) is 2.72. The van der Waals surface area contributed by atoms with Crippen LogP contribution in [-0.2, 0) is 6.54 Å². The number of aromatic amines is 1. The predicted molar refractivity (Wildman–Crippen MR) is 85.3 cm³/mol. The van der Waals surface area contributed by atoms with Crippen LogP contribution in [-0.4, -0.2) is 17.2 Å². The van der Waals surface area contributed by atoms with Gasteiger partial charge in [0.1, 0.15) is 0 Å². The first-order chi connectivity index (χ1) is 10.2. The van der Waals surface area contributed by atoms with Crippen molar-refractivity contribution >= 4 is 28.2 Å². The molecule has 0 fully saturated rings. The Kier molecular flexibility index (Phi) is 3.62. The number of phenols is 1. The summed E-state index contributed by atoms with van der Waals surface area (Å²) in [6, 6.07) is 13.1. The second-order valence-electron chi connectivity index (χ2n) is 4.70. The van der Waals surface area contributed by atoms with Gasteiger partial charge in [-0.1, -0.05) is 29.8 Å². The van der Waals surface area contributed by atoms with E-state index in [1.54, 1.807) is 12.1 Å². The number of anilines is 1. The second kappa shape index (κ2) is 5.58. The summed E-state index contributed by atoms with van der Waals surface area (Å²) in [4.78, 5) is 3.29. The average molecular weight is 303 g/mol. The van der Waals surface area contributed by atoms with Crippen LogP contribution in [0.1, 0.15) is 5.69 Å². The number of hydrogen-bond acceptors (Lipinski definition) is 3. The number of fused-ring (bicyclic) bond motifs is 1. The Morgan fingerprint density at radius 3 is 2.76 bits per heavy atom. The zero-order valence-corrected chi connectivity index (χ0v) is 12.2. The third-order valence-corrected chi connectivity index (χ3v) is 3.79. The smallest absolute Gasteiger partial charge is 0.160 e. The van der Waals surface area contributed by atoms with Gasteiger partial charge in [-0.2, -0.15) is 0 Å². The third kappa shape index (κ3) is 2.62. The fraction of sp³-hybridized carbons (Fsp3) is 0.125. The van der Waals surface area contributed by atoms with E-state index in [4.69, 9.17) is 16.3 Å². The number of halogens is 1. The van der Waals surface area contributed by atoms with Crippen molar-refractivity contribution in [2.45, 2.75) is 6.54 Å². The van der Waals surface area contributed by atoms with Crippen LogP contribution in [0.5, 0.6) is 11.5 Å². The molecule has 0 aliphatic carbocycles. The topological polar surface area (TPSA) is 57.3 Å². The number of ether oxygens (including phenoxy) is 1. The van der Waals surface area contributed by atoms with E-state index in [-0.39, 0.29) is 5.75 Å². The Morgan fingerprint density at radius 1 is 1.24 bits per heavy atom. The van der Waals surface area contributed by atoms with Gasteiger partial charge in [-0.15, -0.1) is 0 Å². The molecule has 0 bridgehead atoms. The fourth-order valence-corrected chi connectivity index (χ4v) is 2.55.